The van der Waals surface area contributed by atoms with Crippen molar-refractivity contribution >= 4 is 15.9 Å². The van der Waals surface area contributed by atoms with Crippen molar-refractivity contribution in [1.29, 1.82) is 0 Å². The molecule has 0 aromatic carbocycles. The number of hydrogen-bond acceptors (Lipinski definition) is 2. The minimum absolute atomic E-state index is 0.881. The summed E-state index contributed by atoms with van der Waals surface area (Å²) in [6, 6.07) is 0. The van der Waals surface area contributed by atoms with Crippen LogP contribution < -0.4 is 5.32 Å². The Kier molecular flexibility index (Phi) is 3.93. The van der Waals surface area contributed by atoms with Gasteiger partial charge >= 0.3 is 0 Å². The highest BCUT2D eigenvalue weighted by molar-refractivity contribution is 9.10. The maximum atomic E-state index is 4.32. The maximum absolute atomic E-state index is 4.32. The predicted molar refractivity (Wildman–Crippen MR) is 57.6 cm³/mol. The van der Waals surface area contributed by atoms with Gasteiger partial charge in [-0.15, -0.1) is 0 Å². The number of rotatable bonds is 4. The second-order valence-corrected chi connectivity index (χ2v) is 3.94. The van der Waals surface area contributed by atoms with Gasteiger partial charge in [0, 0.05) is 13.6 Å². The van der Waals surface area contributed by atoms with E-state index < -0.39 is 0 Å². The number of halogens is 1. The van der Waals surface area contributed by atoms with Gasteiger partial charge in [-0.1, -0.05) is 6.92 Å². The summed E-state index contributed by atoms with van der Waals surface area (Å²) in [5, 5.41) is 7.67. The Morgan fingerprint density at radius 2 is 2.23 bits per heavy atom. The van der Waals surface area contributed by atoms with E-state index in [9.17, 15) is 0 Å². The van der Waals surface area contributed by atoms with E-state index in [1.165, 1.54) is 5.69 Å². The molecule has 0 saturated carbocycles. The fraction of sp³-hybridized carbons (Fsp3) is 0.667. The van der Waals surface area contributed by atoms with Crippen LogP contribution in [0.4, 0.5) is 0 Å². The monoisotopic (exact) mass is 245 g/mol. The molecule has 13 heavy (non-hydrogen) atoms. The zero-order valence-corrected chi connectivity index (χ0v) is 9.98. The topological polar surface area (TPSA) is 29.9 Å². The first-order chi connectivity index (χ1) is 6.16. The molecule has 0 unspecified atom stereocenters. The first kappa shape index (κ1) is 10.7. The molecular formula is C9H16BrN3. The molecule has 0 atom stereocenters. The summed E-state index contributed by atoms with van der Waals surface area (Å²) in [6.45, 7) is 6.10. The molecule has 0 aliphatic carbocycles. The molecule has 0 aliphatic rings. The average molecular weight is 246 g/mol. The number of nitrogens with one attached hydrogen (secondary N) is 1. The second-order valence-electron chi connectivity index (χ2n) is 3.15. The molecular weight excluding hydrogens is 230 g/mol. The van der Waals surface area contributed by atoms with Gasteiger partial charge in [-0.3, -0.25) is 4.68 Å². The summed E-state index contributed by atoms with van der Waals surface area (Å²) < 4.78 is 3.04. The van der Waals surface area contributed by atoms with Crippen molar-refractivity contribution in [3.05, 3.63) is 15.9 Å². The molecule has 0 spiro atoms. The van der Waals surface area contributed by atoms with Gasteiger partial charge in [0.1, 0.15) is 0 Å². The fourth-order valence-electron chi connectivity index (χ4n) is 1.26. The van der Waals surface area contributed by atoms with E-state index in [0.717, 1.165) is 29.7 Å². The van der Waals surface area contributed by atoms with Gasteiger partial charge in [0.15, 0.2) is 0 Å². The van der Waals surface area contributed by atoms with E-state index in [-0.39, 0.29) is 0 Å². The minimum atomic E-state index is 0.881. The highest BCUT2D eigenvalue weighted by Crippen LogP contribution is 2.19. The second kappa shape index (κ2) is 4.77. The van der Waals surface area contributed by atoms with Crippen LogP contribution >= 0.6 is 15.9 Å². The van der Waals surface area contributed by atoms with E-state index in [0.29, 0.717) is 0 Å². The molecule has 1 aromatic heterocycles. The Morgan fingerprint density at radius 3 is 2.69 bits per heavy atom. The molecule has 0 radical (unpaired) electrons. The summed E-state index contributed by atoms with van der Waals surface area (Å²) in [5.74, 6) is 0. The molecule has 3 nitrogen and oxygen atoms in total. The summed E-state index contributed by atoms with van der Waals surface area (Å²) >= 11 is 3.53. The lowest BCUT2D eigenvalue weighted by Gasteiger charge is -2.03. The van der Waals surface area contributed by atoms with Gasteiger partial charge in [-0.25, -0.2) is 0 Å². The van der Waals surface area contributed by atoms with Gasteiger partial charge in [-0.2, -0.15) is 5.10 Å². The first-order valence-corrected chi connectivity index (χ1v) is 5.34. The molecule has 0 saturated heterocycles. The largest absolute Gasteiger partial charge is 0.311 e. The Hall–Kier alpha value is -0.350. The molecule has 0 amide bonds. The van der Waals surface area contributed by atoms with Crippen molar-refractivity contribution < 1.29 is 0 Å². The standard InChI is InChI=1S/C9H16BrN3/c1-4-5-11-6-8-9(10)7(2)12-13(8)3/h11H,4-6H2,1-3H3. The maximum Gasteiger partial charge on any atom is 0.0739 e. The van der Waals surface area contributed by atoms with Crippen LogP contribution in [0, 0.1) is 6.92 Å². The van der Waals surface area contributed by atoms with E-state index in [2.05, 4.69) is 33.3 Å². The van der Waals surface area contributed by atoms with E-state index in [1.807, 2.05) is 18.7 Å². The van der Waals surface area contributed by atoms with E-state index >= 15 is 0 Å². The number of nitrogens with zero attached hydrogens (tertiary/aromatic N) is 2. The van der Waals surface area contributed by atoms with Crippen LogP contribution in [0.3, 0.4) is 0 Å². The molecule has 0 aliphatic heterocycles. The molecule has 1 N–H and O–H groups in total. The molecule has 74 valence electrons. The Balaban J connectivity index is 2.64. The van der Waals surface area contributed by atoms with E-state index in [4.69, 9.17) is 0 Å². The van der Waals surface area contributed by atoms with Crippen molar-refractivity contribution in [2.24, 2.45) is 7.05 Å². The zero-order valence-electron chi connectivity index (χ0n) is 8.39. The summed E-state index contributed by atoms with van der Waals surface area (Å²) in [4.78, 5) is 0. The normalized spacial score (nSPS) is 10.8. The van der Waals surface area contributed by atoms with Crippen molar-refractivity contribution in [1.82, 2.24) is 15.1 Å². The Bertz CT molecular complexity index is 281. The molecule has 1 aromatic rings. The summed E-state index contributed by atoms with van der Waals surface area (Å²) in [5.41, 5.74) is 2.27. The number of aromatic nitrogens is 2. The Labute approximate surface area is 87.6 Å². The van der Waals surface area contributed by atoms with Crippen LogP contribution in [0.1, 0.15) is 24.7 Å². The SMILES string of the molecule is CCCNCc1c(Br)c(C)nn1C. The van der Waals surface area contributed by atoms with Crippen molar-refractivity contribution in [3.63, 3.8) is 0 Å². The van der Waals surface area contributed by atoms with Gasteiger partial charge in [0.25, 0.3) is 0 Å². The summed E-state index contributed by atoms with van der Waals surface area (Å²) in [6.07, 6.45) is 1.16. The summed E-state index contributed by atoms with van der Waals surface area (Å²) in [7, 11) is 1.97. The van der Waals surface area contributed by atoms with Crippen molar-refractivity contribution in [3.8, 4) is 0 Å². The van der Waals surface area contributed by atoms with Crippen molar-refractivity contribution in [2.45, 2.75) is 26.8 Å². The molecule has 0 bridgehead atoms. The average Bonchev–Trinajstić information content (AvgIpc) is 2.32. The minimum Gasteiger partial charge on any atom is -0.311 e. The van der Waals surface area contributed by atoms with Gasteiger partial charge in [0.05, 0.1) is 15.9 Å². The third-order valence-corrected chi connectivity index (χ3v) is 3.01. The van der Waals surface area contributed by atoms with E-state index in [1.54, 1.807) is 0 Å². The lowest BCUT2D eigenvalue weighted by Crippen LogP contribution is -2.16. The van der Waals surface area contributed by atoms with Gasteiger partial charge in [-0.05, 0) is 35.8 Å². The lowest BCUT2D eigenvalue weighted by atomic mass is 10.3. The third-order valence-electron chi connectivity index (χ3n) is 1.98. The predicted octanol–water partition coefficient (Wildman–Crippen LogP) is 1.99. The molecule has 4 heteroatoms. The highest BCUT2D eigenvalue weighted by atomic mass is 79.9. The van der Waals surface area contributed by atoms with Gasteiger partial charge in [0.2, 0.25) is 0 Å². The zero-order chi connectivity index (χ0) is 9.84. The molecule has 1 heterocycles. The number of hydrogen-bond donors (Lipinski definition) is 1. The first-order valence-electron chi connectivity index (χ1n) is 4.55. The fourth-order valence-corrected chi connectivity index (χ4v) is 1.73. The van der Waals surface area contributed by atoms with Crippen LogP contribution in [0.15, 0.2) is 4.47 Å². The van der Waals surface area contributed by atoms with Crippen LogP contribution in [0.2, 0.25) is 0 Å². The number of aryl methyl sites for hydroxylation is 2. The van der Waals surface area contributed by atoms with Crippen LogP contribution in [0.5, 0.6) is 0 Å². The highest BCUT2D eigenvalue weighted by Gasteiger charge is 2.08. The molecule has 1 rings (SSSR count). The molecule has 0 fully saturated rings. The smallest absolute Gasteiger partial charge is 0.0739 e. The van der Waals surface area contributed by atoms with Crippen LogP contribution in [-0.4, -0.2) is 16.3 Å². The van der Waals surface area contributed by atoms with Crippen molar-refractivity contribution in [2.75, 3.05) is 6.54 Å². The van der Waals surface area contributed by atoms with Crippen LogP contribution in [0.25, 0.3) is 0 Å². The lowest BCUT2D eigenvalue weighted by molar-refractivity contribution is 0.617. The van der Waals surface area contributed by atoms with Gasteiger partial charge < -0.3 is 5.32 Å². The van der Waals surface area contributed by atoms with Crippen LogP contribution in [-0.2, 0) is 13.6 Å². The quantitative estimate of drug-likeness (QED) is 0.823. The Morgan fingerprint density at radius 1 is 1.54 bits per heavy atom. The third kappa shape index (κ3) is 2.54.